The van der Waals surface area contributed by atoms with Crippen LogP contribution < -0.4 is 20.8 Å². The van der Waals surface area contributed by atoms with E-state index in [0.29, 0.717) is 11.3 Å². The number of carbonyl (C=O) groups is 3. The number of nitrogens with zero attached hydrogens (tertiary/aromatic N) is 1. The first-order chi connectivity index (χ1) is 15.1. The Kier molecular flexibility index (Phi) is 6.55. The summed E-state index contributed by atoms with van der Waals surface area (Å²) in [6.07, 6.45) is 0. The average Bonchev–Trinajstić information content (AvgIpc) is 2.97. The van der Waals surface area contributed by atoms with Gasteiger partial charge in [-0.1, -0.05) is 63.2 Å². The van der Waals surface area contributed by atoms with Crippen LogP contribution in [0.1, 0.15) is 44.9 Å². The predicted molar refractivity (Wildman–Crippen MR) is 121 cm³/mol. The molecule has 2 atom stereocenters. The van der Waals surface area contributed by atoms with Gasteiger partial charge in [0.25, 0.3) is 11.8 Å². The minimum atomic E-state index is -1.29. The van der Waals surface area contributed by atoms with E-state index in [0.717, 1.165) is 10.6 Å². The zero-order valence-corrected chi connectivity index (χ0v) is 19.1. The third-order valence-corrected chi connectivity index (χ3v) is 5.56. The van der Waals surface area contributed by atoms with E-state index in [4.69, 9.17) is 4.74 Å². The van der Waals surface area contributed by atoms with Crippen LogP contribution >= 0.6 is 0 Å². The summed E-state index contributed by atoms with van der Waals surface area (Å²) < 4.78 is 5.14. The molecular weight excluding hydrogens is 408 g/mol. The van der Waals surface area contributed by atoms with E-state index in [1.165, 1.54) is 0 Å². The SMILES string of the molecule is COc1ccc(C2(C)NC(=O)N(NC(=O)CNC(c3ccccc3)C(C)(C)C)C2=O)cc1. The Bertz CT molecular complexity index is 985. The molecule has 0 aliphatic carbocycles. The molecule has 4 amide bonds. The van der Waals surface area contributed by atoms with Gasteiger partial charge in [-0.15, -0.1) is 0 Å². The topological polar surface area (TPSA) is 99.8 Å². The van der Waals surface area contributed by atoms with Crippen LogP contribution in [0.3, 0.4) is 0 Å². The van der Waals surface area contributed by atoms with E-state index in [2.05, 4.69) is 36.8 Å². The van der Waals surface area contributed by atoms with Gasteiger partial charge in [0.05, 0.1) is 13.7 Å². The lowest BCUT2D eigenvalue weighted by atomic mass is 9.82. The largest absolute Gasteiger partial charge is 0.497 e. The van der Waals surface area contributed by atoms with E-state index in [9.17, 15) is 14.4 Å². The van der Waals surface area contributed by atoms with Crippen molar-refractivity contribution in [1.82, 2.24) is 21.1 Å². The molecule has 1 aliphatic heterocycles. The summed E-state index contributed by atoms with van der Waals surface area (Å²) in [6, 6.07) is 15.9. The molecule has 2 unspecified atom stereocenters. The number of imide groups is 1. The van der Waals surface area contributed by atoms with Gasteiger partial charge in [0, 0.05) is 6.04 Å². The van der Waals surface area contributed by atoms with Crippen molar-refractivity contribution < 1.29 is 19.1 Å². The number of ether oxygens (including phenoxy) is 1. The molecule has 8 nitrogen and oxygen atoms in total. The van der Waals surface area contributed by atoms with Crippen molar-refractivity contribution in [3.05, 3.63) is 65.7 Å². The first-order valence-corrected chi connectivity index (χ1v) is 10.5. The molecule has 1 aliphatic rings. The maximum absolute atomic E-state index is 13.0. The van der Waals surface area contributed by atoms with E-state index in [1.807, 2.05) is 30.3 Å². The first-order valence-electron chi connectivity index (χ1n) is 10.5. The minimum Gasteiger partial charge on any atom is -0.497 e. The molecule has 1 heterocycles. The number of hydrogen-bond acceptors (Lipinski definition) is 5. The average molecular weight is 439 g/mol. The van der Waals surface area contributed by atoms with E-state index >= 15 is 0 Å². The number of urea groups is 1. The van der Waals surface area contributed by atoms with Gasteiger partial charge in [0.1, 0.15) is 11.3 Å². The fourth-order valence-corrected chi connectivity index (χ4v) is 3.79. The zero-order valence-electron chi connectivity index (χ0n) is 19.1. The smallest absolute Gasteiger partial charge is 0.344 e. The van der Waals surface area contributed by atoms with E-state index in [1.54, 1.807) is 38.3 Å². The van der Waals surface area contributed by atoms with Gasteiger partial charge in [-0.2, -0.15) is 5.01 Å². The Morgan fingerprint density at radius 2 is 1.72 bits per heavy atom. The predicted octanol–water partition coefficient (Wildman–Crippen LogP) is 2.87. The van der Waals surface area contributed by atoms with Crippen molar-refractivity contribution in [3.63, 3.8) is 0 Å². The number of carbonyl (C=O) groups excluding carboxylic acids is 3. The second-order valence-corrected chi connectivity index (χ2v) is 9.05. The lowest BCUT2D eigenvalue weighted by Crippen LogP contribution is -2.51. The van der Waals surface area contributed by atoms with Crippen molar-refractivity contribution >= 4 is 17.8 Å². The van der Waals surface area contributed by atoms with Gasteiger partial charge in [0.2, 0.25) is 0 Å². The van der Waals surface area contributed by atoms with Crippen molar-refractivity contribution in [2.75, 3.05) is 13.7 Å². The zero-order chi connectivity index (χ0) is 23.5. The third kappa shape index (κ3) is 4.75. The summed E-state index contributed by atoms with van der Waals surface area (Å²) in [5.41, 5.74) is 2.62. The van der Waals surface area contributed by atoms with Gasteiger partial charge >= 0.3 is 6.03 Å². The number of hydrogen-bond donors (Lipinski definition) is 3. The number of rotatable bonds is 7. The maximum atomic E-state index is 13.0. The van der Waals surface area contributed by atoms with Crippen LogP contribution in [0.15, 0.2) is 54.6 Å². The Hall–Kier alpha value is -3.39. The lowest BCUT2D eigenvalue weighted by molar-refractivity contribution is -0.138. The molecule has 0 aromatic heterocycles. The molecule has 0 bridgehead atoms. The number of amides is 4. The van der Waals surface area contributed by atoms with Crippen molar-refractivity contribution in [1.29, 1.82) is 0 Å². The quantitative estimate of drug-likeness (QED) is 0.578. The molecule has 1 fully saturated rings. The van der Waals surface area contributed by atoms with Crippen molar-refractivity contribution in [2.45, 2.75) is 39.3 Å². The molecule has 0 spiro atoms. The molecule has 2 aromatic carbocycles. The molecule has 3 N–H and O–H groups in total. The fraction of sp³-hybridized carbons (Fsp3) is 0.375. The van der Waals surface area contributed by atoms with Gasteiger partial charge < -0.3 is 15.4 Å². The number of benzene rings is 2. The highest BCUT2D eigenvalue weighted by atomic mass is 16.5. The standard InChI is InChI=1S/C24H30N4O4/c1-23(2,3)20(16-9-7-6-8-10-16)25-15-19(29)27-28-21(30)24(4,26-22(28)31)17-11-13-18(32-5)14-12-17/h6-14,20,25H,15H2,1-5H3,(H,26,31)(H,27,29). The van der Waals surface area contributed by atoms with Crippen LogP contribution in [-0.4, -0.2) is 36.5 Å². The summed E-state index contributed by atoms with van der Waals surface area (Å²) in [6.45, 7) is 7.77. The summed E-state index contributed by atoms with van der Waals surface area (Å²) in [5, 5.41) is 6.65. The van der Waals surface area contributed by atoms with Crippen LogP contribution in [0.4, 0.5) is 4.79 Å². The number of hydrazine groups is 1. The Morgan fingerprint density at radius 1 is 1.09 bits per heavy atom. The van der Waals surface area contributed by atoms with Gasteiger partial charge in [-0.25, -0.2) is 4.79 Å². The second kappa shape index (κ2) is 9.00. The second-order valence-electron chi connectivity index (χ2n) is 9.05. The summed E-state index contributed by atoms with van der Waals surface area (Å²) in [7, 11) is 1.55. The maximum Gasteiger partial charge on any atom is 0.344 e. The Morgan fingerprint density at radius 3 is 2.28 bits per heavy atom. The number of methoxy groups -OCH3 is 1. The summed E-state index contributed by atoms with van der Waals surface area (Å²) in [4.78, 5) is 38.1. The van der Waals surface area contributed by atoms with E-state index in [-0.39, 0.29) is 18.0 Å². The van der Waals surface area contributed by atoms with Gasteiger partial charge in [-0.3, -0.25) is 15.0 Å². The summed E-state index contributed by atoms with van der Waals surface area (Å²) >= 11 is 0. The lowest BCUT2D eigenvalue weighted by Gasteiger charge is -2.32. The molecule has 32 heavy (non-hydrogen) atoms. The van der Waals surface area contributed by atoms with Crippen LogP contribution in [0.2, 0.25) is 0 Å². The fourth-order valence-electron chi connectivity index (χ4n) is 3.79. The van der Waals surface area contributed by atoms with Crippen LogP contribution in [0.25, 0.3) is 0 Å². The number of nitrogens with one attached hydrogen (secondary N) is 3. The van der Waals surface area contributed by atoms with Crippen molar-refractivity contribution in [3.8, 4) is 5.75 Å². The van der Waals surface area contributed by atoms with Crippen LogP contribution in [-0.2, 0) is 15.1 Å². The molecule has 3 rings (SSSR count). The van der Waals surface area contributed by atoms with E-state index < -0.39 is 23.4 Å². The highest BCUT2D eigenvalue weighted by Crippen LogP contribution is 2.32. The first kappa shape index (κ1) is 23.3. The molecular formula is C24H30N4O4. The van der Waals surface area contributed by atoms with Gasteiger partial charge in [-0.05, 0) is 35.6 Å². The monoisotopic (exact) mass is 438 g/mol. The summed E-state index contributed by atoms with van der Waals surface area (Å²) in [5.74, 6) is -0.411. The Balaban J connectivity index is 1.68. The molecule has 1 saturated heterocycles. The Labute approximate surface area is 188 Å². The molecule has 8 heteroatoms. The minimum absolute atomic E-state index is 0.0624. The molecule has 170 valence electrons. The third-order valence-electron chi connectivity index (χ3n) is 5.56. The highest BCUT2D eigenvalue weighted by Gasteiger charge is 2.50. The van der Waals surface area contributed by atoms with Gasteiger partial charge in [0.15, 0.2) is 0 Å². The molecule has 0 saturated carbocycles. The van der Waals surface area contributed by atoms with Crippen LogP contribution in [0.5, 0.6) is 5.75 Å². The highest BCUT2D eigenvalue weighted by molar-refractivity contribution is 6.08. The van der Waals surface area contributed by atoms with Crippen LogP contribution in [0, 0.1) is 5.41 Å². The molecule has 0 radical (unpaired) electrons. The van der Waals surface area contributed by atoms with Crippen molar-refractivity contribution in [2.24, 2.45) is 5.41 Å². The molecule has 2 aromatic rings. The normalized spacial score (nSPS) is 19.5.